The molecule has 5 heteroatoms. The van der Waals surface area contributed by atoms with Crippen molar-refractivity contribution >= 4 is 11.6 Å². The van der Waals surface area contributed by atoms with Crippen LogP contribution in [0.5, 0.6) is 0 Å². The first-order valence-corrected chi connectivity index (χ1v) is 9.77. The van der Waals surface area contributed by atoms with Crippen LogP contribution in [0.2, 0.25) is 0 Å². The lowest BCUT2D eigenvalue weighted by atomic mass is 9.87. The fourth-order valence-corrected chi connectivity index (χ4v) is 4.23. The zero-order valence-corrected chi connectivity index (χ0v) is 15.8. The van der Waals surface area contributed by atoms with E-state index < -0.39 is 5.60 Å². The second-order valence-electron chi connectivity index (χ2n) is 7.96. The minimum atomic E-state index is -0.828. The minimum absolute atomic E-state index is 0.212. The number of aromatic nitrogens is 1. The van der Waals surface area contributed by atoms with Crippen LogP contribution in [0.25, 0.3) is 0 Å². The number of rotatable bonds is 4. The molecule has 1 unspecified atom stereocenters. The Kier molecular flexibility index (Phi) is 4.98. The fourth-order valence-electron chi connectivity index (χ4n) is 4.23. The standard InChI is InChI=1S/C22H27N3O2/c1-17-7-8-20(23-14-17)22(27)9-11-24(12-10-22)15-18-13-21(26)25(16-18)19-5-3-2-4-6-19/h2-8,14,18,27H,9-13,15-16H2,1H3. The Balaban J connectivity index is 1.33. The molecule has 2 aromatic rings. The molecule has 142 valence electrons. The Morgan fingerprint density at radius 3 is 2.56 bits per heavy atom. The summed E-state index contributed by atoms with van der Waals surface area (Å²) in [5.41, 5.74) is 2.04. The van der Waals surface area contributed by atoms with Crippen LogP contribution >= 0.6 is 0 Å². The molecule has 1 amide bonds. The second kappa shape index (κ2) is 7.41. The van der Waals surface area contributed by atoms with Crippen molar-refractivity contribution in [2.75, 3.05) is 31.1 Å². The molecule has 2 aliphatic rings. The summed E-state index contributed by atoms with van der Waals surface area (Å²) < 4.78 is 0. The Hall–Kier alpha value is -2.24. The monoisotopic (exact) mass is 365 g/mol. The predicted molar refractivity (Wildman–Crippen MR) is 105 cm³/mol. The van der Waals surface area contributed by atoms with E-state index in [1.807, 2.05) is 60.5 Å². The van der Waals surface area contributed by atoms with Gasteiger partial charge in [0.2, 0.25) is 5.91 Å². The lowest BCUT2D eigenvalue weighted by molar-refractivity contribution is -0.117. The highest BCUT2D eigenvalue weighted by Crippen LogP contribution is 2.33. The topological polar surface area (TPSA) is 56.7 Å². The van der Waals surface area contributed by atoms with E-state index in [1.165, 1.54) is 0 Å². The molecule has 2 fully saturated rings. The molecule has 2 aliphatic heterocycles. The van der Waals surface area contributed by atoms with Crippen molar-refractivity contribution in [3.05, 3.63) is 59.9 Å². The van der Waals surface area contributed by atoms with Gasteiger partial charge in [-0.25, -0.2) is 0 Å². The van der Waals surface area contributed by atoms with Crippen LogP contribution < -0.4 is 4.90 Å². The largest absolute Gasteiger partial charge is 0.383 e. The molecular formula is C22H27N3O2. The molecule has 0 saturated carbocycles. The molecule has 2 saturated heterocycles. The zero-order valence-electron chi connectivity index (χ0n) is 15.8. The van der Waals surface area contributed by atoms with E-state index in [-0.39, 0.29) is 5.91 Å². The van der Waals surface area contributed by atoms with Crippen molar-refractivity contribution in [1.29, 1.82) is 0 Å². The SMILES string of the molecule is Cc1ccc(C2(O)CCN(CC3CC(=O)N(c4ccccc4)C3)CC2)nc1. The van der Waals surface area contributed by atoms with Crippen molar-refractivity contribution < 1.29 is 9.90 Å². The van der Waals surface area contributed by atoms with E-state index in [4.69, 9.17) is 0 Å². The van der Waals surface area contributed by atoms with Crippen molar-refractivity contribution in [1.82, 2.24) is 9.88 Å². The van der Waals surface area contributed by atoms with E-state index >= 15 is 0 Å². The molecule has 0 spiro atoms. The van der Waals surface area contributed by atoms with Gasteiger partial charge in [-0.05, 0) is 49.4 Å². The van der Waals surface area contributed by atoms with Crippen LogP contribution in [0.3, 0.4) is 0 Å². The fraction of sp³-hybridized carbons (Fsp3) is 0.455. The van der Waals surface area contributed by atoms with Gasteiger partial charge in [-0.2, -0.15) is 0 Å². The molecule has 3 heterocycles. The number of pyridine rings is 1. The van der Waals surface area contributed by atoms with Gasteiger partial charge in [-0.1, -0.05) is 24.3 Å². The van der Waals surface area contributed by atoms with Crippen molar-refractivity contribution in [2.45, 2.75) is 31.8 Å². The number of amides is 1. The summed E-state index contributed by atoms with van der Waals surface area (Å²) in [7, 11) is 0. The average molecular weight is 365 g/mol. The molecule has 0 bridgehead atoms. The van der Waals surface area contributed by atoms with Gasteiger partial charge < -0.3 is 14.9 Å². The van der Waals surface area contributed by atoms with E-state index in [2.05, 4.69) is 9.88 Å². The number of carbonyl (C=O) groups excluding carboxylic acids is 1. The summed E-state index contributed by atoms with van der Waals surface area (Å²) in [6.07, 6.45) is 3.80. The number of likely N-dealkylation sites (tertiary alicyclic amines) is 1. The van der Waals surface area contributed by atoms with Crippen LogP contribution in [0.4, 0.5) is 5.69 Å². The Labute approximate surface area is 160 Å². The van der Waals surface area contributed by atoms with Crippen LogP contribution in [0.15, 0.2) is 48.7 Å². The van der Waals surface area contributed by atoms with Gasteiger partial charge in [-0.3, -0.25) is 9.78 Å². The first-order chi connectivity index (χ1) is 13.0. The van der Waals surface area contributed by atoms with Crippen LogP contribution in [0, 0.1) is 12.8 Å². The first-order valence-electron chi connectivity index (χ1n) is 9.77. The number of anilines is 1. The molecule has 1 aromatic heterocycles. The lowest BCUT2D eigenvalue weighted by Crippen LogP contribution is -2.44. The number of hydrogen-bond donors (Lipinski definition) is 1. The average Bonchev–Trinajstić information content (AvgIpc) is 3.05. The number of aliphatic hydroxyl groups is 1. The minimum Gasteiger partial charge on any atom is -0.383 e. The quantitative estimate of drug-likeness (QED) is 0.905. The summed E-state index contributed by atoms with van der Waals surface area (Å²) in [5, 5.41) is 11.0. The Morgan fingerprint density at radius 1 is 1.15 bits per heavy atom. The lowest BCUT2D eigenvalue weighted by Gasteiger charge is -2.38. The summed E-state index contributed by atoms with van der Waals surface area (Å²) in [5.74, 6) is 0.560. The number of nitrogens with zero attached hydrogens (tertiary/aromatic N) is 3. The molecule has 4 rings (SSSR count). The van der Waals surface area contributed by atoms with E-state index in [0.29, 0.717) is 25.2 Å². The number of benzene rings is 1. The maximum Gasteiger partial charge on any atom is 0.227 e. The van der Waals surface area contributed by atoms with Crippen LogP contribution in [-0.4, -0.2) is 47.1 Å². The highest BCUT2D eigenvalue weighted by Gasteiger charge is 2.37. The van der Waals surface area contributed by atoms with Gasteiger partial charge >= 0.3 is 0 Å². The molecule has 1 atom stereocenters. The zero-order chi connectivity index (χ0) is 18.9. The molecule has 0 radical (unpaired) electrons. The van der Waals surface area contributed by atoms with Crippen molar-refractivity contribution in [3.63, 3.8) is 0 Å². The maximum absolute atomic E-state index is 12.4. The molecule has 0 aliphatic carbocycles. The number of aryl methyl sites for hydroxylation is 1. The third kappa shape index (κ3) is 3.89. The van der Waals surface area contributed by atoms with Gasteiger partial charge in [0.15, 0.2) is 0 Å². The third-order valence-electron chi connectivity index (χ3n) is 5.86. The molecular weight excluding hydrogens is 338 g/mol. The van der Waals surface area contributed by atoms with Crippen molar-refractivity contribution in [2.24, 2.45) is 5.92 Å². The van der Waals surface area contributed by atoms with Crippen LogP contribution in [0.1, 0.15) is 30.5 Å². The molecule has 1 N–H and O–H groups in total. The maximum atomic E-state index is 12.4. The van der Waals surface area contributed by atoms with Gasteiger partial charge in [0.05, 0.1) is 5.69 Å². The third-order valence-corrected chi connectivity index (χ3v) is 5.86. The molecule has 27 heavy (non-hydrogen) atoms. The first kappa shape index (κ1) is 18.1. The number of hydrogen-bond acceptors (Lipinski definition) is 4. The van der Waals surface area contributed by atoms with Gasteiger partial charge in [0.25, 0.3) is 0 Å². The van der Waals surface area contributed by atoms with E-state index in [1.54, 1.807) is 0 Å². The van der Waals surface area contributed by atoms with Gasteiger partial charge in [0.1, 0.15) is 5.60 Å². The van der Waals surface area contributed by atoms with Gasteiger partial charge in [-0.15, -0.1) is 0 Å². The van der Waals surface area contributed by atoms with Gasteiger partial charge in [0, 0.05) is 44.5 Å². The molecule has 1 aromatic carbocycles. The summed E-state index contributed by atoms with van der Waals surface area (Å²) in [6.45, 7) is 5.37. The van der Waals surface area contributed by atoms with E-state index in [0.717, 1.165) is 43.1 Å². The highest BCUT2D eigenvalue weighted by molar-refractivity contribution is 5.95. The molecule has 5 nitrogen and oxygen atoms in total. The summed E-state index contributed by atoms with van der Waals surface area (Å²) in [6, 6.07) is 13.9. The normalized spacial score (nSPS) is 23.0. The van der Waals surface area contributed by atoms with Crippen LogP contribution in [-0.2, 0) is 10.4 Å². The highest BCUT2D eigenvalue weighted by atomic mass is 16.3. The predicted octanol–water partition coefficient (Wildman–Crippen LogP) is 2.73. The number of para-hydroxylation sites is 1. The van der Waals surface area contributed by atoms with Crippen molar-refractivity contribution in [3.8, 4) is 0 Å². The number of piperidine rings is 1. The second-order valence-corrected chi connectivity index (χ2v) is 7.96. The Bertz CT molecular complexity index is 783. The number of carbonyl (C=O) groups is 1. The smallest absolute Gasteiger partial charge is 0.227 e. The Morgan fingerprint density at radius 2 is 1.89 bits per heavy atom. The van der Waals surface area contributed by atoms with E-state index in [9.17, 15) is 9.90 Å². The summed E-state index contributed by atoms with van der Waals surface area (Å²) >= 11 is 0. The summed E-state index contributed by atoms with van der Waals surface area (Å²) in [4.78, 5) is 21.1.